The van der Waals surface area contributed by atoms with E-state index >= 15 is 0 Å². The number of Topliss-reactive ketones (excluding diaryl/α,β-unsaturated/α-hetero) is 1. The van der Waals surface area contributed by atoms with Crippen molar-refractivity contribution in [1.82, 2.24) is 10.2 Å². The maximum Gasteiger partial charge on any atom is 0.220 e. The van der Waals surface area contributed by atoms with Gasteiger partial charge >= 0.3 is 0 Å². The molecule has 1 saturated heterocycles. The Balaban J connectivity index is 1.61. The number of carbonyl (C=O) groups is 2. The number of ketones is 1. The first-order valence-electron chi connectivity index (χ1n) is 12.8. The second-order valence-corrected chi connectivity index (χ2v) is 9.55. The smallest absolute Gasteiger partial charge is 0.220 e. The average molecular weight is 461 g/mol. The minimum atomic E-state index is -0.359. The van der Waals surface area contributed by atoms with Gasteiger partial charge in [0.1, 0.15) is 17.3 Å². The summed E-state index contributed by atoms with van der Waals surface area (Å²) in [4.78, 5) is 26.5. The van der Waals surface area contributed by atoms with Crippen LogP contribution in [-0.4, -0.2) is 55.5 Å². The van der Waals surface area contributed by atoms with Crippen LogP contribution in [0.1, 0.15) is 84.5 Å². The van der Waals surface area contributed by atoms with Crippen LogP contribution in [0.5, 0.6) is 11.5 Å². The van der Waals surface area contributed by atoms with E-state index in [4.69, 9.17) is 9.47 Å². The largest absolute Gasteiger partial charge is 0.493 e. The third kappa shape index (κ3) is 11.1. The van der Waals surface area contributed by atoms with E-state index in [9.17, 15) is 9.59 Å². The summed E-state index contributed by atoms with van der Waals surface area (Å²) in [5.74, 6) is 1.88. The third-order valence-corrected chi connectivity index (χ3v) is 6.33. The van der Waals surface area contributed by atoms with Crippen LogP contribution in [-0.2, 0) is 9.59 Å². The topological polar surface area (TPSA) is 67.9 Å². The van der Waals surface area contributed by atoms with Crippen LogP contribution in [0.15, 0.2) is 24.3 Å². The van der Waals surface area contributed by atoms with Gasteiger partial charge in [-0.15, -0.1) is 0 Å². The summed E-state index contributed by atoms with van der Waals surface area (Å²) in [6, 6.07) is 7.83. The van der Waals surface area contributed by atoms with Crippen molar-refractivity contribution in [1.29, 1.82) is 0 Å². The lowest BCUT2D eigenvalue weighted by molar-refractivity contribution is -0.125. The SMILES string of the molecule is CCCCCCOc1cccc(OCCCCCC(=O)NC2(CC(C)=O)CCN(C)CC2)c1. The van der Waals surface area contributed by atoms with Crippen molar-refractivity contribution >= 4 is 11.7 Å². The molecular weight excluding hydrogens is 416 g/mol. The predicted octanol–water partition coefficient (Wildman–Crippen LogP) is 5.14. The summed E-state index contributed by atoms with van der Waals surface area (Å²) in [6.45, 7) is 7.02. The molecule has 1 aromatic carbocycles. The van der Waals surface area contributed by atoms with E-state index in [-0.39, 0.29) is 17.2 Å². The number of unbranched alkanes of at least 4 members (excludes halogenated alkanes) is 5. The fourth-order valence-corrected chi connectivity index (χ4v) is 4.35. The van der Waals surface area contributed by atoms with E-state index in [1.54, 1.807) is 6.92 Å². The number of rotatable bonds is 16. The van der Waals surface area contributed by atoms with Gasteiger partial charge in [0.2, 0.25) is 5.91 Å². The van der Waals surface area contributed by atoms with Gasteiger partial charge in [-0.3, -0.25) is 9.59 Å². The molecule has 0 atom stereocenters. The Kier molecular flexibility index (Phi) is 12.3. The van der Waals surface area contributed by atoms with Gasteiger partial charge in [0, 0.05) is 37.5 Å². The van der Waals surface area contributed by atoms with E-state index in [1.165, 1.54) is 19.3 Å². The zero-order valence-corrected chi connectivity index (χ0v) is 21.0. The summed E-state index contributed by atoms with van der Waals surface area (Å²) >= 11 is 0. The fraction of sp³-hybridized carbons (Fsp3) is 0.704. The molecule has 1 heterocycles. The van der Waals surface area contributed by atoms with Gasteiger partial charge in [-0.1, -0.05) is 32.3 Å². The van der Waals surface area contributed by atoms with Crippen molar-refractivity contribution in [3.63, 3.8) is 0 Å². The highest BCUT2D eigenvalue weighted by Crippen LogP contribution is 2.26. The molecule has 0 spiro atoms. The van der Waals surface area contributed by atoms with Gasteiger partial charge in [-0.2, -0.15) is 0 Å². The molecule has 0 aromatic heterocycles. The van der Waals surface area contributed by atoms with E-state index in [0.717, 1.165) is 69.7 Å². The Morgan fingerprint density at radius 1 is 0.970 bits per heavy atom. The number of benzene rings is 1. The molecule has 1 aromatic rings. The number of hydrogen-bond acceptors (Lipinski definition) is 5. The minimum Gasteiger partial charge on any atom is -0.493 e. The lowest BCUT2D eigenvalue weighted by Crippen LogP contribution is -2.55. The lowest BCUT2D eigenvalue weighted by atomic mass is 9.83. The number of amides is 1. The average Bonchev–Trinajstić information content (AvgIpc) is 2.78. The normalized spacial score (nSPS) is 15.7. The van der Waals surface area contributed by atoms with Crippen LogP contribution in [0, 0.1) is 0 Å². The Labute approximate surface area is 200 Å². The van der Waals surface area contributed by atoms with Gasteiger partial charge in [0.15, 0.2) is 0 Å². The quantitative estimate of drug-likeness (QED) is 0.346. The molecule has 0 radical (unpaired) electrons. The number of likely N-dealkylation sites (tertiary alicyclic amines) is 1. The van der Waals surface area contributed by atoms with Crippen LogP contribution < -0.4 is 14.8 Å². The van der Waals surface area contributed by atoms with Crippen molar-refractivity contribution in [3.8, 4) is 11.5 Å². The molecular formula is C27H44N2O4. The number of nitrogens with one attached hydrogen (secondary N) is 1. The van der Waals surface area contributed by atoms with Gasteiger partial charge in [-0.25, -0.2) is 0 Å². The molecule has 33 heavy (non-hydrogen) atoms. The number of piperidine rings is 1. The molecule has 0 aliphatic carbocycles. The third-order valence-electron chi connectivity index (χ3n) is 6.33. The Hall–Kier alpha value is -2.08. The number of carbonyl (C=O) groups excluding carboxylic acids is 2. The number of nitrogens with zero attached hydrogens (tertiary/aromatic N) is 1. The molecule has 1 aliphatic rings. The van der Waals surface area contributed by atoms with Gasteiger partial charge in [-0.05, 0) is 64.6 Å². The van der Waals surface area contributed by atoms with Crippen LogP contribution in [0.25, 0.3) is 0 Å². The van der Waals surface area contributed by atoms with Gasteiger partial charge in [0.25, 0.3) is 0 Å². The zero-order valence-electron chi connectivity index (χ0n) is 21.0. The van der Waals surface area contributed by atoms with Crippen molar-refractivity contribution < 1.29 is 19.1 Å². The number of hydrogen-bond donors (Lipinski definition) is 1. The molecule has 0 unspecified atom stereocenters. The molecule has 1 aliphatic heterocycles. The van der Waals surface area contributed by atoms with Crippen molar-refractivity contribution in [3.05, 3.63) is 24.3 Å². The highest BCUT2D eigenvalue weighted by molar-refractivity contribution is 5.80. The standard InChI is InChI=1S/C27H44N2O4/c1-4-5-6-9-19-32-24-12-11-13-25(21-24)33-20-10-7-8-14-26(31)28-27(22-23(2)30)15-17-29(3)18-16-27/h11-13,21H,4-10,14-20,22H2,1-3H3,(H,28,31). The first kappa shape index (κ1) is 27.2. The fourth-order valence-electron chi connectivity index (χ4n) is 4.35. The summed E-state index contributed by atoms with van der Waals surface area (Å²) in [5, 5.41) is 3.20. The van der Waals surface area contributed by atoms with Gasteiger partial charge in [0.05, 0.1) is 13.2 Å². The molecule has 1 fully saturated rings. The Morgan fingerprint density at radius 3 is 2.15 bits per heavy atom. The Bertz CT molecular complexity index is 714. The van der Waals surface area contributed by atoms with E-state index in [2.05, 4.69) is 24.2 Å². The van der Waals surface area contributed by atoms with E-state index < -0.39 is 0 Å². The maximum atomic E-state index is 12.5. The predicted molar refractivity (Wildman–Crippen MR) is 133 cm³/mol. The molecule has 0 saturated carbocycles. The minimum absolute atomic E-state index is 0.0607. The van der Waals surface area contributed by atoms with Crippen LogP contribution in [0.2, 0.25) is 0 Å². The Morgan fingerprint density at radius 2 is 1.58 bits per heavy atom. The number of ether oxygens (including phenoxy) is 2. The summed E-state index contributed by atoms with van der Waals surface area (Å²) in [5.41, 5.74) is -0.359. The van der Waals surface area contributed by atoms with Crippen molar-refractivity contribution in [2.45, 2.75) is 90.0 Å². The molecule has 0 bridgehead atoms. The van der Waals surface area contributed by atoms with Crippen LogP contribution in [0.3, 0.4) is 0 Å². The maximum absolute atomic E-state index is 12.5. The molecule has 2 rings (SSSR count). The van der Waals surface area contributed by atoms with Gasteiger partial charge < -0.3 is 19.7 Å². The second-order valence-electron chi connectivity index (χ2n) is 9.55. The first-order valence-corrected chi connectivity index (χ1v) is 12.8. The van der Waals surface area contributed by atoms with E-state index in [1.807, 2.05) is 24.3 Å². The van der Waals surface area contributed by atoms with Crippen LogP contribution >= 0.6 is 0 Å². The van der Waals surface area contributed by atoms with E-state index in [0.29, 0.717) is 19.4 Å². The highest BCUT2D eigenvalue weighted by atomic mass is 16.5. The van der Waals surface area contributed by atoms with Crippen molar-refractivity contribution in [2.75, 3.05) is 33.4 Å². The highest BCUT2D eigenvalue weighted by Gasteiger charge is 2.35. The van der Waals surface area contributed by atoms with Crippen LogP contribution in [0.4, 0.5) is 0 Å². The summed E-state index contributed by atoms with van der Waals surface area (Å²) < 4.78 is 11.7. The second kappa shape index (κ2) is 14.9. The summed E-state index contributed by atoms with van der Waals surface area (Å²) in [6.07, 6.45) is 10.0. The van der Waals surface area contributed by atoms with Crippen molar-refractivity contribution in [2.24, 2.45) is 0 Å². The molecule has 186 valence electrons. The molecule has 6 heteroatoms. The monoisotopic (exact) mass is 460 g/mol. The lowest BCUT2D eigenvalue weighted by Gasteiger charge is -2.41. The molecule has 1 N–H and O–H groups in total. The zero-order chi connectivity index (χ0) is 23.9. The summed E-state index contributed by atoms with van der Waals surface area (Å²) in [7, 11) is 2.08. The molecule has 1 amide bonds. The first-order chi connectivity index (χ1) is 15.9. The molecule has 6 nitrogen and oxygen atoms in total.